The van der Waals surface area contributed by atoms with Crippen molar-refractivity contribution in [2.75, 3.05) is 18.3 Å². The standard InChI is InChI=1S/C10H11BrCl2N2O4S/c1-15(5-4-8(16)17)20(18,19)14-7-3-2-6(11)9(12)10(7)13/h2-3,14H,4-5H2,1H3,(H,16,17). The highest BCUT2D eigenvalue weighted by atomic mass is 79.9. The lowest BCUT2D eigenvalue weighted by atomic mass is 10.3. The van der Waals surface area contributed by atoms with Gasteiger partial charge in [0.15, 0.2) is 0 Å². The van der Waals surface area contributed by atoms with Crippen molar-refractivity contribution in [2.24, 2.45) is 0 Å². The monoisotopic (exact) mass is 404 g/mol. The molecule has 0 unspecified atom stereocenters. The first-order chi connectivity index (χ1) is 9.15. The van der Waals surface area contributed by atoms with Crippen molar-refractivity contribution >= 4 is 61.0 Å². The van der Waals surface area contributed by atoms with Gasteiger partial charge in [-0.25, -0.2) is 0 Å². The number of carboxylic acids is 1. The van der Waals surface area contributed by atoms with Crippen molar-refractivity contribution in [3.05, 3.63) is 26.7 Å². The van der Waals surface area contributed by atoms with E-state index in [0.29, 0.717) is 4.47 Å². The second kappa shape index (κ2) is 6.95. The van der Waals surface area contributed by atoms with Gasteiger partial charge in [0.2, 0.25) is 0 Å². The van der Waals surface area contributed by atoms with Crippen LogP contribution in [0.4, 0.5) is 5.69 Å². The van der Waals surface area contributed by atoms with E-state index < -0.39 is 16.2 Å². The minimum Gasteiger partial charge on any atom is -0.481 e. The minimum absolute atomic E-state index is 0.0521. The second-order valence-corrected chi connectivity index (χ2v) is 7.18. The maximum absolute atomic E-state index is 12.0. The summed E-state index contributed by atoms with van der Waals surface area (Å²) in [5.74, 6) is -1.09. The molecule has 1 aromatic carbocycles. The molecule has 10 heteroatoms. The van der Waals surface area contributed by atoms with Gasteiger partial charge in [-0.05, 0) is 28.1 Å². The van der Waals surface area contributed by atoms with Gasteiger partial charge in [0.05, 0.1) is 22.2 Å². The van der Waals surface area contributed by atoms with Gasteiger partial charge in [-0.2, -0.15) is 12.7 Å². The summed E-state index contributed by atoms with van der Waals surface area (Å²) < 4.78 is 27.6. The van der Waals surface area contributed by atoms with Crippen LogP contribution < -0.4 is 4.72 Å². The number of nitrogens with zero attached hydrogens (tertiary/aromatic N) is 1. The minimum atomic E-state index is -3.90. The third-order valence-electron chi connectivity index (χ3n) is 2.32. The first-order valence-electron chi connectivity index (χ1n) is 5.24. The van der Waals surface area contributed by atoms with Crippen molar-refractivity contribution in [1.29, 1.82) is 0 Å². The van der Waals surface area contributed by atoms with Crippen LogP contribution in [0, 0.1) is 0 Å². The largest absolute Gasteiger partial charge is 0.481 e. The van der Waals surface area contributed by atoms with Crippen LogP contribution in [0.15, 0.2) is 16.6 Å². The number of anilines is 1. The van der Waals surface area contributed by atoms with E-state index in [2.05, 4.69) is 20.7 Å². The summed E-state index contributed by atoms with van der Waals surface area (Å²) in [5, 5.41) is 8.78. The number of hydrogen-bond acceptors (Lipinski definition) is 3. The molecule has 0 aromatic heterocycles. The van der Waals surface area contributed by atoms with E-state index >= 15 is 0 Å². The number of carbonyl (C=O) groups is 1. The third kappa shape index (κ3) is 4.49. The van der Waals surface area contributed by atoms with Crippen molar-refractivity contribution in [2.45, 2.75) is 6.42 Å². The van der Waals surface area contributed by atoms with Crippen LogP contribution in [0.2, 0.25) is 10.0 Å². The highest BCUT2D eigenvalue weighted by molar-refractivity contribution is 9.10. The molecular weight excluding hydrogens is 395 g/mol. The van der Waals surface area contributed by atoms with Crippen molar-refractivity contribution in [1.82, 2.24) is 4.31 Å². The predicted octanol–water partition coefficient (Wildman–Crippen LogP) is 2.82. The highest BCUT2D eigenvalue weighted by Gasteiger charge is 2.20. The quantitative estimate of drug-likeness (QED) is 0.712. The topological polar surface area (TPSA) is 86.7 Å². The van der Waals surface area contributed by atoms with Crippen molar-refractivity contribution in [3.63, 3.8) is 0 Å². The molecule has 0 saturated carbocycles. The van der Waals surface area contributed by atoms with E-state index in [9.17, 15) is 13.2 Å². The Balaban J connectivity index is 2.91. The molecule has 0 radical (unpaired) electrons. The van der Waals surface area contributed by atoms with Crippen LogP contribution in [0.5, 0.6) is 0 Å². The molecule has 0 aliphatic rings. The molecule has 0 fully saturated rings. The first-order valence-corrected chi connectivity index (χ1v) is 8.23. The Labute approximate surface area is 135 Å². The van der Waals surface area contributed by atoms with Crippen LogP contribution in [0.1, 0.15) is 6.42 Å². The molecule has 1 aromatic rings. The van der Waals surface area contributed by atoms with Crippen molar-refractivity contribution in [3.8, 4) is 0 Å². The maximum atomic E-state index is 12.0. The molecule has 2 N–H and O–H groups in total. The fourth-order valence-electron chi connectivity index (χ4n) is 1.19. The van der Waals surface area contributed by atoms with Gasteiger partial charge >= 0.3 is 16.2 Å². The normalized spacial score (nSPS) is 11.7. The molecule has 112 valence electrons. The molecule has 0 atom stereocenters. The van der Waals surface area contributed by atoms with Gasteiger partial charge in [0.1, 0.15) is 0 Å². The molecule has 20 heavy (non-hydrogen) atoms. The molecule has 1 rings (SSSR count). The van der Waals surface area contributed by atoms with Crippen LogP contribution >= 0.6 is 39.1 Å². The van der Waals surface area contributed by atoms with E-state index in [1.54, 1.807) is 6.07 Å². The van der Waals surface area contributed by atoms with E-state index in [1.165, 1.54) is 13.1 Å². The molecule has 6 nitrogen and oxygen atoms in total. The molecule has 0 amide bonds. The Morgan fingerprint density at radius 2 is 2.00 bits per heavy atom. The average molecular weight is 406 g/mol. The fraction of sp³-hybridized carbons (Fsp3) is 0.300. The van der Waals surface area contributed by atoms with Gasteiger partial charge in [-0.3, -0.25) is 9.52 Å². The number of carboxylic acid groups (broad SMARTS) is 1. The van der Waals surface area contributed by atoms with Gasteiger partial charge in [-0.15, -0.1) is 0 Å². The number of benzene rings is 1. The molecular formula is C10H11BrCl2N2O4S. The Bertz CT molecular complexity index is 624. The number of aliphatic carboxylic acids is 1. The third-order valence-corrected chi connectivity index (χ3v) is 5.58. The van der Waals surface area contributed by atoms with E-state index in [0.717, 1.165) is 4.31 Å². The highest BCUT2D eigenvalue weighted by Crippen LogP contribution is 2.36. The summed E-state index contributed by atoms with van der Waals surface area (Å²) in [4.78, 5) is 10.4. The zero-order valence-electron chi connectivity index (χ0n) is 10.2. The first kappa shape index (κ1) is 17.5. The zero-order valence-corrected chi connectivity index (χ0v) is 14.1. The number of halogens is 3. The molecule has 0 spiro atoms. The van der Waals surface area contributed by atoms with E-state index in [-0.39, 0.29) is 28.7 Å². The molecule has 0 heterocycles. The van der Waals surface area contributed by atoms with Gasteiger partial charge in [-0.1, -0.05) is 23.2 Å². The lowest BCUT2D eigenvalue weighted by Gasteiger charge is -2.18. The predicted molar refractivity (Wildman–Crippen MR) is 81.6 cm³/mol. The lowest BCUT2D eigenvalue weighted by Crippen LogP contribution is -2.34. The van der Waals surface area contributed by atoms with Crippen LogP contribution in [-0.2, 0) is 15.0 Å². The second-order valence-electron chi connectivity index (χ2n) is 3.80. The van der Waals surface area contributed by atoms with E-state index in [1.807, 2.05) is 0 Å². The summed E-state index contributed by atoms with van der Waals surface area (Å²) >= 11 is 15.0. The number of hydrogen-bond donors (Lipinski definition) is 2. The zero-order chi connectivity index (χ0) is 15.5. The summed E-state index contributed by atoms with van der Waals surface area (Å²) in [5.41, 5.74) is 0.113. The molecule has 0 saturated heterocycles. The van der Waals surface area contributed by atoms with Crippen LogP contribution in [0.25, 0.3) is 0 Å². The van der Waals surface area contributed by atoms with Crippen LogP contribution in [-0.4, -0.2) is 37.4 Å². The summed E-state index contributed by atoms with van der Waals surface area (Å²) in [6.45, 7) is -0.160. The number of rotatable bonds is 6. The Morgan fingerprint density at radius 3 is 2.55 bits per heavy atom. The van der Waals surface area contributed by atoms with Gasteiger partial charge < -0.3 is 5.11 Å². The van der Waals surface area contributed by atoms with Gasteiger partial charge in [0.25, 0.3) is 0 Å². The van der Waals surface area contributed by atoms with Crippen LogP contribution in [0.3, 0.4) is 0 Å². The van der Waals surface area contributed by atoms with E-state index in [4.69, 9.17) is 28.3 Å². The molecule has 0 aliphatic carbocycles. The summed E-state index contributed by atoms with van der Waals surface area (Å²) in [7, 11) is -2.64. The fourth-order valence-corrected chi connectivity index (χ4v) is 3.01. The lowest BCUT2D eigenvalue weighted by molar-refractivity contribution is -0.137. The summed E-state index contributed by atoms with van der Waals surface area (Å²) in [6, 6.07) is 2.99. The Hall–Kier alpha value is -0.540. The SMILES string of the molecule is CN(CCC(=O)O)S(=O)(=O)Nc1ccc(Br)c(Cl)c1Cl. The van der Waals surface area contributed by atoms with Gasteiger partial charge in [0, 0.05) is 18.1 Å². The average Bonchev–Trinajstić information content (AvgIpc) is 2.36. The Kier molecular flexibility index (Phi) is 6.08. The smallest absolute Gasteiger partial charge is 0.304 e. The van der Waals surface area contributed by atoms with Crippen molar-refractivity contribution < 1.29 is 18.3 Å². The maximum Gasteiger partial charge on any atom is 0.304 e. The molecule has 0 aliphatic heterocycles. The summed E-state index contributed by atoms with van der Waals surface area (Å²) in [6.07, 6.45) is -0.299. The number of nitrogens with one attached hydrogen (secondary N) is 1. The molecule has 0 bridgehead atoms. The Morgan fingerprint density at radius 1 is 1.40 bits per heavy atom.